The van der Waals surface area contributed by atoms with Crippen molar-refractivity contribution in [1.82, 2.24) is 0 Å². The molecule has 0 heterocycles. The van der Waals surface area contributed by atoms with Crippen molar-refractivity contribution in [2.75, 3.05) is 7.11 Å². The monoisotopic (exact) mass is 138 g/mol. The molecule has 0 amide bonds. The van der Waals surface area contributed by atoms with Crippen molar-refractivity contribution < 1.29 is 4.74 Å². The summed E-state index contributed by atoms with van der Waals surface area (Å²) in [6, 6.07) is 0. The SMILES string of the molecule is COC1=CCC(C)=C(C)C1. The van der Waals surface area contributed by atoms with E-state index in [0.29, 0.717) is 0 Å². The number of rotatable bonds is 1. The zero-order chi connectivity index (χ0) is 7.56. The molecule has 0 bridgehead atoms. The molecule has 0 aromatic rings. The smallest absolute Gasteiger partial charge is 0.0959 e. The van der Waals surface area contributed by atoms with Crippen molar-refractivity contribution in [3.63, 3.8) is 0 Å². The third kappa shape index (κ3) is 1.41. The fourth-order valence-electron chi connectivity index (χ4n) is 1.08. The standard InChI is InChI=1S/C9H14O/c1-7-4-5-9(10-3)6-8(7)2/h5H,4,6H2,1-3H3. The van der Waals surface area contributed by atoms with Gasteiger partial charge in [0.05, 0.1) is 12.9 Å². The van der Waals surface area contributed by atoms with Crippen molar-refractivity contribution in [3.05, 3.63) is 23.0 Å². The maximum atomic E-state index is 5.14. The minimum Gasteiger partial charge on any atom is -0.501 e. The van der Waals surface area contributed by atoms with Gasteiger partial charge in [-0.25, -0.2) is 0 Å². The van der Waals surface area contributed by atoms with Gasteiger partial charge in [-0.3, -0.25) is 0 Å². The normalized spacial score (nSPS) is 18.9. The largest absolute Gasteiger partial charge is 0.501 e. The van der Waals surface area contributed by atoms with Gasteiger partial charge in [0.1, 0.15) is 0 Å². The summed E-state index contributed by atoms with van der Waals surface area (Å²) in [6.45, 7) is 4.35. The average molecular weight is 138 g/mol. The van der Waals surface area contributed by atoms with E-state index in [1.165, 1.54) is 11.1 Å². The van der Waals surface area contributed by atoms with E-state index < -0.39 is 0 Å². The molecule has 0 atom stereocenters. The molecule has 1 nitrogen and oxygen atoms in total. The Morgan fingerprint density at radius 1 is 1.30 bits per heavy atom. The lowest BCUT2D eigenvalue weighted by Gasteiger charge is -2.14. The highest BCUT2D eigenvalue weighted by Gasteiger charge is 2.06. The second kappa shape index (κ2) is 2.91. The summed E-state index contributed by atoms with van der Waals surface area (Å²) in [5.41, 5.74) is 2.94. The molecule has 1 rings (SSSR count). The molecule has 0 saturated heterocycles. The van der Waals surface area contributed by atoms with Gasteiger partial charge in [-0.1, -0.05) is 11.1 Å². The zero-order valence-electron chi connectivity index (χ0n) is 6.90. The van der Waals surface area contributed by atoms with Crippen LogP contribution in [0.15, 0.2) is 23.0 Å². The van der Waals surface area contributed by atoms with Crippen LogP contribution in [0.3, 0.4) is 0 Å². The molecule has 1 aliphatic rings. The Kier molecular flexibility index (Phi) is 2.15. The Labute approximate surface area is 62.4 Å². The van der Waals surface area contributed by atoms with Gasteiger partial charge in [0.2, 0.25) is 0 Å². The number of hydrogen-bond acceptors (Lipinski definition) is 1. The van der Waals surface area contributed by atoms with Gasteiger partial charge in [-0.2, -0.15) is 0 Å². The molecular formula is C9H14O. The second-order valence-electron chi connectivity index (χ2n) is 2.82. The Bertz CT molecular complexity index is 187. The van der Waals surface area contributed by atoms with Gasteiger partial charge in [-0.15, -0.1) is 0 Å². The van der Waals surface area contributed by atoms with Crippen LogP contribution in [0.4, 0.5) is 0 Å². The first-order valence-electron chi connectivity index (χ1n) is 3.62. The maximum absolute atomic E-state index is 5.14. The van der Waals surface area contributed by atoms with E-state index in [9.17, 15) is 0 Å². The summed E-state index contributed by atoms with van der Waals surface area (Å²) in [5, 5.41) is 0. The first kappa shape index (κ1) is 7.39. The Morgan fingerprint density at radius 2 is 2.00 bits per heavy atom. The van der Waals surface area contributed by atoms with Gasteiger partial charge < -0.3 is 4.74 Å². The molecule has 10 heavy (non-hydrogen) atoms. The third-order valence-electron chi connectivity index (χ3n) is 2.07. The first-order chi connectivity index (χ1) is 4.74. The topological polar surface area (TPSA) is 9.23 Å². The van der Waals surface area contributed by atoms with Crippen LogP contribution in [-0.4, -0.2) is 7.11 Å². The van der Waals surface area contributed by atoms with Crippen LogP contribution < -0.4 is 0 Å². The lowest BCUT2D eigenvalue weighted by molar-refractivity contribution is 0.279. The van der Waals surface area contributed by atoms with E-state index in [1.807, 2.05) is 0 Å². The van der Waals surface area contributed by atoms with Crippen molar-refractivity contribution in [3.8, 4) is 0 Å². The van der Waals surface area contributed by atoms with Crippen LogP contribution in [0.2, 0.25) is 0 Å². The molecule has 56 valence electrons. The molecule has 0 radical (unpaired) electrons. The van der Waals surface area contributed by atoms with Crippen molar-refractivity contribution in [2.24, 2.45) is 0 Å². The molecule has 0 N–H and O–H groups in total. The summed E-state index contributed by atoms with van der Waals surface area (Å²) in [5.74, 6) is 1.11. The minimum absolute atomic E-state index is 1.00. The summed E-state index contributed by atoms with van der Waals surface area (Å²) in [4.78, 5) is 0. The molecule has 0 aromatic carbocycles. The Morgan fingerprint density at radius 3 is 2.50 bits per heavy atom. The Hall–Kier alpha value is -0.720. The Balaban J connectivity index is 2.63. The van der Waals surface area contributed by atoms with E-state index in [2.05, 4.69) is 19.9 Å². The number of ether oxygens (including phenoxy) is 1. The summed E-state index contributed by atoms with van der Waals surface area (Å²) in [7, 11) is 1.74. The predicted molar refractivity (Wildman–Crippen MR) is 42.7 cm³/mol. The van der Waals surface area contributed by atoms with Gasteiger partial charge in [0.25, 0.3) is 0 Å². The highest BCUT2D eigenvalue weighted by molar-refractivity contribution is 5.23. The van der Waals surface area contributed by atoms with Gasteiger partial charge in [-0.05, 0) is 26.3 Å². The van der Waals surface area contributed by atoms with E-state index in [0.717, 1.165) is 18.6 Å². The molecule has 0 saturated carbocycles. The van der Waals surface area contributed by atoms with E-state index in [4.69, 9.17) is 4.74 Å². The highest BCUT2D eigenvalue weighted by atomic mass is 16.5. The summed E-state index contributed by atoms with van der Waals surface area (Å²) >= 11 is 0. The zero-order valence-corrected chi connectivity index (χ0v) is 6.90. The molecule has 1 heteroatoms. The molecule has 0 aromatic heterocycles. The van der Waals surface area contributed by atoms with Crippen molar-refractivity contribution in [1.29, 1.82) is 0 Å². The van der Waals surface area contributed by atoms with Gasteiger partial charge in [0.15, 0.2) is 0 Å². The fraction of sp³-hybridized carbons (Fsp3) is 0.556. The number of methoxy groups -OCH3 is 1. The maximum Gasteiger partial charge on any atom is 0.0959 e. The third-order valence-corrected chi connectivity index (χ3v) is 2.07. The number of hydrogen-bond donors (Lipinski definition) is 0. The van der Waals surface area contributed by atoms with E-state index in [-0.39, 0.29) is 0 Å². The number of allylic oxidation sites excluding steroid dienone is 3. The molecule has 0 aliphatic heterocycles. The first-order valence-corrected chi connectivity index (χ1v) is 3.62. The van der Waals surface area contributed by atoms with Crippen LogP contribution in [-0.2, 0) is 4.74 Å². The summed E-state index contributed by atoms with van der Waals surface area (Å²) < 4.78 is 5.14. The lowest BCUT2D eigenvalue weighted by Crippen LogP contribution is -1.96. The molecule has 1 aliphatic carbocycles. The van der Waals surface area contributed by atoms with Crippen molar-refractivity contribution in [2.45, 2.75) is 26.7 Å². The molecule has 0 spiro atoms. The molecule has 0 unspecified atom stereocenters. The average Bonchev–Trinajstić information content (AvgIpc) is 1.95. The van der Waals surface area contributed by atoms with Crippen LogP contribution in [0.5, 0.6) is 0 Å². The van der Waals surface area contributed by atoms with Crippen molar-refractivity contribution >= 4 is 0 Å². The van der Waals surface area contributed by atoms with E-state index in [1.54, 1.807) is 7.11 Å². The van der Waals surface area contributed by atoms with Crippen LogP contribution >= 0.6 is 0 Å². The van der Waals surface area contributed by atoms with Crippen LogP contribution in [0.1, 0.15) is 26.7 Å². The van der Waals surface area contributed by atoms with Crippen LogP contribution in [0.25, 0.3) is 0 Å². The quantitative estimate of drug-likeness (QED) is 0.506. The highest BCUT2D eigenvalue weighted by Crippen LogP contribution is 2.23. The minimum atomic E-state index is 1.00. The molecule has 0 fully saturated rings. The fourth-order valence-corrected chi connectivity index (χ4v) is 1.08. The second-order valence-corrected chi connectivity index (χ2v) is 2.82. The predicted octanol–water partition coefficient (Wildman–Crippen LogP) is 2.65. The van der Waals surface area contributed by atoms with Gasteiger partial charge >= 0.3 is 0 Å². The van der Waals surface area contributed by atoms with Gasteiger partial charge in [0, 0.05) is 6.42 Å². The molecular weight excluding hydrogens is 124 g/mol. The van der Waals surface area contributed by atoms with E-state index >= 15 is 0 Å². The summed E-state index contributed by atoms with van der Waals surface area (Å²) in [6.07, 6.45) is 4.22. The van der Waals surface area contributed by atoms with Crippen LogP contribution in [0, 0.1) is 0 Å². The lowest BCUT2D eigenvalue weighted by atomic mass is 9.99.